The number of para-hydroxylation sites is 1. The van der Waals surface area contributed by atoms with Gasteiger partial charge in [-0.05, 0) is 12.1 Å². The molecule has 0 atom stereocenters. The maximum absolute atomic E-state index is 13.2. The maximum Gasteiger partial charge on any atom is 0.320 e. The monoisotopic (exact) mass is 208 g/mol. The van der Waals surface area contributed by atoms with E-state index >= 15 is 0 Å². The van der Waals surface area contributed by atoms with Gasteiger partial charge in [0.25, 0.3) is 0 Å². The van der Waals surface area contributed by atoms with Gasteiger partial charge in [-0.25, -0.2) is 4.39 Å². The number of nitrogens with two attached hydrogens (primary N) is 1. The van der Waals surface area contributed by atoms with Crippen molar-refractivity contribution in [3.05, 3.63) is 36.0 Å². The molecule has 0 spiro atoms. The molecule has 0 aliphatic rings. The number of nitrogens with zero attached hydrogens (tertiary/aromatic N) is 2. The fourth-order valence-corrected chi connectivity index (χ4v) is 1.06. The lowest BCUT2D eigenvalue weighted by Crippen LogP contribution is -1.95. The third kappa shape index (κ3) is 2.10. The predicted octanol–water partition coefficient (Wildman–Crippen LogP) is 1.41. The molecule has 3 N–H and O–H groups in total. The number of anilines is 2. The highest BCUT2D eigenvalue weighted by molar-refractivity contribution is 5.52. The zero-order chi connectivity index (χ0) is 10.7. The van der Waals surface area contributed by atoms with Crippen molar-refractivity contribution in [2.45, 2.75) is 6.54 Å². The average Bonchev–Trinajstić information content (AvgIpc) is 2.69. The average molecular weight is 208 g/mol. The van der Waals surface area contributed by atoms with Crippen molar-refractivity contribution in [3.63, 3.8) is 0 Å². The zero-order valence-electron chi connectivity index (χ0n) is 7.77. The highest BCUT2D eigenvalue weighted by atomic mass is 19.1. The topological polar surface area (TPSA) is 77.0 Å². The Bertz CT molecular complexity index is 457. The number of halogens is 1. The Hall–Kier alpha value is -1.95. The van der Waals surface area contributed by atoms with E-state index in [0.717, 1.165) is 0 Å². The second-order valence-electron chi connectivity index (χ2n) is 2.81. The summed E-state index contributed by atoms with van der Waals surface area (Å²) in [6.07, 6.45) is 0. The molecule has 0 aliphatic heterocycles. The van der Waals surface area contributed by atoms with E-state index in [1.807, 2.05) is 0 Å². The molecule has 0 saturated heterocycles. The van der Waals surface area contributed by atoms with Gasteiger partial charge in [0.05, 0.1) is 12.2 Å². The van der Waals surface area contributed by atoms with Crippen molar-refractivity contribution in [2.24, 2.45) is 5.73 Å². The van der Waals surface area contributed by atoms with E-state index in [9.17, 15) is 4.39 Å². The SMILES string of the molecule is NCc1nnc(Nc2ccccc2F)o1. The van der Waals surface area contributed by atoms with Gasteiger partial charge in [-0.15, -0.1) is 5.10 Å². The molecule has 0 amide bonds. The van der Waals surface area contributed by atoms with Crippen LogP contribution in [0.2, 0.25) is 0 Å². The van der Waals surface area contributed by atoms with Gasteiger partial charge < -0.3 is 15.5 Å². The lowest BCUT2D eigenvalue weighted by atomic mass is 10.3. The van der Waals surface area contributed by atoms with E-state index in [2.05, 4.69) is 15.5 Å². The van der Waals surface area contributed by atoms with Crippen LogP contribution in [0.3, 0.4) is 0 Å². The van der Waals surface area contributed by atoms with Crippen LogP contribution in [0, 0.1) is 5.82 Å². The summed E-state index contributed by atoms with van der Waals surface area (Å²) in [5, 5.41) is 9.94. The predicted molar refractivity (Wildman–Crippen MR) is 51.9 cm³/mol. The lowest BCUT2D eigenvalue weighted by molar-refractivity contribution is 0.510. The second-order valence-corrected chi connectivity index (χ2v) is 2.81. The first-order valence-corrected chi connectivity index (χ1v) is 4.33. The zero-order valence-corrected chi connectivity index (χ0v) is 7.77. The van der Waals surface area contributed by atoms with Gasteiger partial charge >= 0.3 is 6.01 Å². The number of hydrogen-bond acceptors (Lipinski definition) is 5. The molecule has 2 aromatic rings. The number of aromatic nitrogens is 2. The maximum atomic E-state index is 13.2. The summed E-state index contributed by atoms with van der Waals surface area (Å²) in [6, 6.07) is 6.33. The first kappa shape index (κ1) is 9.60. The molecule has 1 aromatic carbocycles. The Morgan fingerprint density at radius 1 is 1.33 bits per heavy atom. The molecule has 5 nitrogen and oxygen atoms in total. The number of rotatable bonds is 3. The molecule has 78 valence electrons. The van der Waals surface area contributed by atoms with E-state index in [1.54, 1.807) is 18.2 Å². The Labute approximate surface area is 85.1 Å². The second kappa shape index (κ2) is 4.05. The van der Waals surface area contributed by atoms with Crippen LogP contribution in [-0.4, -0.2) is 10.2 Å². The van der Waals surface area contributed by atoms with Gasteiger partial charge in [0.15, 0.2) is 0 Å². The Balaban J connectivity index is 2.18. The number of hydrogen-bond donors (Lipinski definition) is 2. The van der Waals surface area contributed by atoms with Crippen LogP contribution < -0.4 is 11.1 Å². The van der Waals surface area contributed by atoms with Crippen molar-refractivity contribution < 1.29 is 8.81 Å². The van der Waals surface area contributed by atoms with E-state index < -0.39 is 0 Å². The molecular weight excluding hydrogens is 199 g/mol. The summed E-state index contributed by atoms with van der Waals surface area (Å²) in [7, 11) is 0. The highest BCUT2D eigenvalue weighted by Gasteiger charge is 2.06. The summed E-state index contributed by atoms with van der Waals surface area (Å²) < 4.78 is 18.3. The fourth-order valence-electron chi connectivity index (χ4n) is 1.06. The van der Waals surface area contributed by atoms with Gasteiger partial charge in [-0.3, -0.25) is 0 Å². The van der Waals surface area contributed by atoms with Gasteiger partial charge in [-0.1, -0.05) is 17.2 Å². The Morgan fingerprint density at radius 3 is 2.80 bits per heavy atom. The highest BCUT2D eigenvalue weighted by Crippen LogP contribution is 2.17. The molecule has 0 radical (unpaired) electrons. The van der Waals surface area contributed by atoms with Gasteiger partial charge in [0.1, 0.15) is 5.82 Å². The van der Waals surface area contributed by atoms with Crippen LogP contribution in [0.4, 0.5) is 16.1 Å². The Morgan fingerprint density at radius 2 is 2.13 bits per heavy atom. The van der Waals surface area contributed by atoms with E-state index in [4.69, 9.17) is 10.2 Å². The summed E-state index contributed by atoms with van der Waals surface area (Å²) in [6.45, 7) is 0.159. The number of benzene rings is 1. The van der Waals surface area contributed by atoms with Gasteiger partial charge in [-0.2, -0.15) is 0 Å². The van der Waals surface area contributed by atoms with Gasteiger partial charge in [0.2, 0.25) is 5.89 Å². The smallest absolute Gasteiger partial charge is 0.320 e. The summed E-state index contributed by atoms with van der Waals surface area (Å²) in [4.78, 5) is 0. The molecule has 0 aliphatic carbocycles. The van der Waals surface area contributed by atoms with Crippen molar-refractivity contribution in [1.82, 2.24) is 10.2 Å². The van der Waals surface area contributed by atoms with Crippen LogP contribution in [0.15, 0.2) is 28.7 Å². The number of nitrogens with one attached hydrogen (secondary N) is 1. The molecular formula is C9H9FN4O. The van der Waals surface area contributed by atoms with Crippen LogP contribution in [0.5, 0.6) is 0 Å². The molecule has 0 unspecified atom stereocenters. The molecule has 1 heterocycles. The van der Waals surface area contributed by atoms with Crippen molar-refractivity contribution in [2.75, 3.05) is 5.32 Å². The van der Waals surface area contributed by atoms with Crippen molar-refractivity contribution in [1.29, 1.82) is 0 Å². The molecule has 0 saturated carbocycles. The third-order valence-corrected chi connectivity index (χ3v) is 1.76. The van der Waals surface area contributed by atoms with Crippen molar-refractivity contribution in [3.8, 4) is 0 Å². The quantitative estimate of drug-likeness (QED) is 0.797. The summed E-state index contributed by atoms with van der Waals surface area (Å²) in [5.41, 5.74) is 5.57. The van der Waals surface area contributed by atoms with E-state index in [-0.39, 0.29) is 24.1 Å². The van der Waals surface area contributed by atoms with Crippen molar-refractivity contribution >= 4 is 11.7 Å². The normalized spacial score (nSPS) is 10.3. The van der Waals surface area contributed by atoms with Crippen LogP contribution in [0.1, 0.15) is 5.89 Å². The fraction of sp³-hybridized carbons (Fsp3) is 0.111. The first-order chi connectivity index (χ1) is 7.29. The van der Waals surface area contributed by atoms with E-state index in [0.29, 0.717) is 5.89 Å². The molecule has 2 rings (SSSR count). The molecule has 15 heavy (non-hydrogen) atoms. The van der Waals surface area contributed by atoms with Crippen LogP contribution in [0.25, 0.3) is 0 Å². The van der Waals surface area contributed by atoms with Gasteiger partial charge in [0, 0.05) is 0 Å². The molecule has 6 heteroatoms. The lowest BCUT2D eigenvalue weighted by Gasteiger charge is -2.01. The van der Waals surface area contributed by atoms with Crippen LogP contribution >= 0.6 is 0 Å². The Kier molecular flexibility index (Phi) is 2.59. The standard InChI is InChI=1S/C9H9FN4O/c10-6-3-1-2-4-7(6)12-9-14-13-8(5-11)15-9/h1-4H,5,11H2,(H,12,14). The van der Waals surface area contributed by atoms with Crippen LogP contribution in [-0.2, 0) is 6.54 Å². The third-order valence-electron chi connectivity index (χ3n) is 1.76. The van der Waals surface area contributed by atoms with E-state index in [1.165, 1.54) is 6.07 Å². The largest absolute Gasteiger partial charge is 0.406 e. The minimum Gasteiger partial charge on any atom is -0.406 e. The molecule has 0 bridgehead atoms. The minimum atomic E-state index is -0.384. The minimum absolute atomic E-state index is 0.126. The summed E-state index contributed by atoms with van der Waals surface area (Å²) in [5.74, 6) is -0.0844. The first-order valence-electron chi connectivity index (χ1n) is 4.33. The summed E-state index contributed by atoms with van der Waals surface area (Å²) >= 11 is 0. The molecule has 1 aromatic heterocycles. The molecule has 0 fully saturated rings.